The fraction of sp³-hybridized carbons (Fsp3) is 0.778. The molecular formula is C9H19N3O4. The molecular weight excluding hydrogens is 214 g/mol. The van der Waals surface area contributed by atoms with E-state index in [-0.39, 0.29) is 12.5 Å². The quantitative estimate of drug-likeness (QED) is 0.431. The van der Waals surface area contributed by atoms with E-state index in [1.807, 2.05) is 0 Å². The van der Waals surface area contributed by atoms with E-state index in [2.05, 4.69) is 10.6 Å². The molecule has 0 aliphatic heterocycles. The predicted molar refractivity (Wildman–Crippen MR) is 57.7 cm³/mol. The van der Waals surface area contributed by atoms with Crippen LogP contribution in [0.3, 0.4) is 0 Å². The lowest BCUT2D eigenvalue weighted by Crippen LogP contribution is -2.47. The number of methoxy groups -OCH3 is 1. The number of rotatable bonds is 7. The van der Waals surface area contributed by atoms with Crippen molar-refractivity contribution in [3.63, 3.8) is 0 Å². The number of aliphatic hydroxyl groups excluding tert-OH is 1. The summed E-state index contributed by atoms with van der Waals surface area (Å²) in [6, 6.07) is -1.43. The van der Waals surface area contributed by atoms with Crippen molar-refractivity contribution in [1.29, 1.82) is 0 Å². The second-order valence-corrected chi connectivity index (χ2v) is 3.42. The van der Waals surface area contributed by atoms with Crippen LogP contribution in [0.1, 0.15) is 13.3 Å². The monoisotopic (exact) mass is 233 g/mol. The molecule has 0 heterocycles. The Kier molecular flexibility index (Phi) is 7.23. The fourth-order valence-corrected chi connectivity index (χ4v) is 1.07. The van der Waals surface area contributed by atoms with Gasteiger partial charge in [-0.1, -0.05) is 0 Å². The zero-order valence-electron chi connectivity index (χ0n) is 9.53. The Morgan fingerprint density at radius 1 is 1.50 bits per heavy atom. The Morgan fingerprint density at radius 3 is 2.62 bits per heavy atom. The molecule has 0 fully saturated rings. The van der Waals surface area contributed by atoms with Gasteiger partial charge in [-0.15, -0.1) is 0 Å². The van der Waals surface area contributed by atoms with E-state index in [9.17, 15) is 14.7 Å². The van der Waals surface area contributed by atoms with E-state index in [1.165, 1.54) is 14.0 Å². The Hall–Kier alpha value is -1.34. The highest BCUT2D eigenvalue weighted by atomic mass is 16.5. The van der Waals surface area contributed by atoms with E-state index in [0.717, 1.165) is 0 Å². The molecule has 0 aromatic heterocycles. The third kappa shape index (κ3) is 7.02. The number of primary amides is 1. The van der Waals surface area contributed by atoms with E-state index in [0.29, 0.717) is 13.0 Å². The maximum absolute atomic E-state index is 11.3. The number of nitrogens with two attached hydrogens (primary N) is 1. The number of ether oxygens (including phenoxy) is 1. The first-order chi connectivity index (χ1) is 7.47. The minimum atomic E-state index is -0.748. The summed E-state index contributed by atoms with van der Waals surface area (Å²) in [6.07, 6.45) is -0.215. The van der Waals surface area contributed by atoms with Crippen LogP contribution < -0.4 is 16.4 Å². The van der Waals surface area contributed by atoms with Gasteiger partial charge in [0.25, 0.3) is 0 Å². The van der Waals surface area contributed by atoms with Crippen molar-refractivity contribution in [3.05, 3.63) is 0 Å². The minimum absolute atomic E-state index is 0.227. The van der Waals surface area contributed by atoms with Crippen molar-refractivity contribution in [1.82, 2.24) is 10.6 Å². The molecule has 0 aliphatic carbocycles. The van der Waals surface area contributed by atoms with Gasteiger partial charge in [0.15, 0.2) is 0 Å². The van der Waals surface area contributed by atoms with E-state index in [1.54, 1.807) is 0 Å². The Bertz CT molecular complexity index is 235. The van der Waals surface area contributed by atoms with Crippen LogP contribution in [-0.2, 0) is 9.53 Å². The Balaban J connectivity index is 3.68. The molecule has 0 spiro atoms. The molecule has 16 heavy (non-hydrogen) atoms. The second-order valence-electron chi connectivity index (χ2n) is 3.42. The van der Waals surface area contributed by atoms with Crippen molar-refractivity contribution in [2.75, 3.05) is 20.3 Å². The lowest BCUT2D eigenvalue weighted by Gasteiger charge is -2.14. The van der Waals surface area contributed by atoms with Crippen LogP contribution in [0.25, 0.3) is 0 Å². The zero-order chi connectivity index (χ0) is 12.6. The smallest absolute Gasteiger partial charge is 0.312 e. The number of nitrogens with one attached hydrogen (secondary N) is 2. The lowest BCUT2D eigenvalue weighted by atomic mass is 10.2. The van der Waals surface area contributed by atoms with Crippen LogP contribution >= 0.6 is 0 Å². The van der Waals surface area contributed by atoms with Crippen molar-refractivity contribution < 1.29 is 19.4 Å². The first kappa shape index (κ1) is 14.7. The Labute approximate surface area is 94.3 Å². The van der Waals surface area contributed by atoms with Crippen LogP contribution in [0.15, 0.2) is 0 Å². The molecule has 7 nitrogen and oxygen atoms in total. The molecule has 0 saturated carbocycles. The van der Waals surface area contributed by atoms with Gasteiger partial charge in [-0.05, 0) is 13.3 Å². The Morgan fingerprint density at radius 2 is 2.12 bits per heavy atom. The molecule has 2 atom stereocenters. The average Bonchev–Trinajstić information content (AvgIpc) is 2.16. The maximum Gasteiger partial charge on any atom is 0.312 e. The number of amides is 3. The third-order valence-corrected chi connectivity index (χ3v) is 1.89. The highest BCUT2D eigenvalue weighted by Gasteiger charge is 2.13. The number of hydrogen-bond donors (Lipinski definition) is 4. The molecule has 94 valence electrons. The normalized spacial score (nSPS) is 13.9. The zero-order valence-corrected chi connectivity index (χ0v) is 9.53. The predicted octanol–water partition coefficient (Wildman–Crippen LogP) is -1.44. The van der Waals surface area contributed by atoms with Gasteiger partial charge in [0.1, 0.15) is 6.04 Å². The van der Waals surface area contributed by atoms with Gasteiger partial charge in [-0.3, -0.25) is 4.79 Å². The summed E-state index contributed by atoms with van der Waals surface area (Å²) in [5.41, 5.74) is 4.86. The molecule has 0 aromatic rings. The van der Waals surface area contributed by atoms with Gasteiger partial charge in [0.05, 0.1) is 12.7 Å². The number of aliphatic hydroxyl groups is 1. The molecule has 2 unspecified atom stereocenters. The van der Waals surface area contributed by atoms with Crippen molar-refractivity contribution in [2.45, 2.75) is 25.5 Å². The van der Waals surface area contributed by atoms with Crippen LogP contribution in [-0.4, -0.2) is 49.5 Å². The van der Waals surface area contributed by atoms with Crippen LogP contribution in [0.5, 0.6) is 0 Å². The van der Waals surface area contributed by atoms with E-state index < -0.39 is 18.2 Å². The van der Waals surface area contributed by atoms with Crippen molar-refractivity contribution in [3.8, 4) is 0 Å². The summed E-state index contributed by atoms with van der Waals surface area (Å²) >= 11 is 0. The molecule has 3 amide bonds. The van der Waals surface area contributed by atoms with E-state index >= 15 is 0 Å². The lowest BCUT2D eigenvalue weighted by molar-refractivity contribution is -0.122. The van der Waals surface area contributed by atoms with Crippen molar-refractivity contribution >= 4 is 11.9 Å². The summed E-state index contributed by atoms with van der Waals surface area (Å²) in [4.78, 5) is 21.8. The molecule has 0 aliphatic rings. The first-order valence-electron chi connectivity index (χ1n) is 4.98. The number of carbonyl (C=O) groups is 2. The molecule has 7 heteroatoms. The summed E-state index contributed by atoms with van der Waals surface area (Å²) < 4.78 is 4.72. The molecule has 0 saturated heterocycles. The minimum Gasteiger partial charge on any atom is -0.391 e. The van der Waals surface area contributed by atoms with Crippen LogP contribution in [0.2, 0.25) is 0 Å². The molecule has 0 aromatic carbocycles. The average molecular weight is 233 g/mol. The van der Waals surface area contributed by atoms with Gasteiger partial charge in [-0.25, -0.2) is 4.79 Å². The standard InChI is InChI=1S/C9H19N3O4/c1-6(12-9(10)15)8(14)11-4-3-7(13)5-16-2/h6-7,13H,3-5H2,1-2H3,(H,11,14)(H3,10,12,15). The van der Waals surface area contributed by atoms with Crippen LogP contribution in [0, 0.1) is 0 Å². The largest absolute Gasteiger partial charge is 0.391 e. The molecule has 0 radical (unpaired) electrons. The van der Waals surface area contributed by atoms with E-state index in [4.69, 9.17) is 10.5 Å². The number of hydrogen-bond acceptors (Lipinski definition) is 4. The molecule has 0 rings (SSSR count). The number of urea groups is 1. The molecule has 0 bridgehead atoms. The number of carbonyl (C=O) groups excluding carboxylic acids is 2. The summed E-state index contributed by atoms with van der Waals surface area (Å²) in [5, 5.41) is 14.1. The van der Waals surface area contributed by atoms with Gasteiger partial charge >= 0.3 is 6.03 Å². The fourth-order valence-electron chi connectivity index (χ4n) is 1.07. The summed E-state index contributed by atoms with van der Waals surface area (Å²) in [5.74, 6) is -0.344. The SMILES string of the molecule is COCC(O)CCNC(=O)C(C)NC(N)=O. The summed E-state index contributed by atoms with van der Waals surface area (Å²) in [7, 11) is 1.49. The van der Waals surface area contributed by atoms with Crippen molar-refractivity contribution in [2.24, 2.45) is 5.73 Å². The van der Waals surface area contributed by atoms with Crippen LogP contribution in [0.4, 0.5) is 4.79 Å². The van der Waals surface area contributed by atoms with Gasteiger partial charge in [0, 0.05) is 13.7 Å². The van der Waals surface area contributed by atoms with Gasteiger partial charge < -0.3 is 26.2 Å². The first-order valence-corrected chi connectivity index (χ1v) is 4.98. The second kappa shape index (κ2) is 7.89. The van der Waals surface area contributed by atoms with Gasteiger partial charge in [-0.2, -0.15) is 0 Å². The van der Waals surface area contributed by atoms with Gasteiger partial charge in [0.2, 0.25) is 5.91 Å². The topological polar surface area (TPSA) is 114 Å². The third-order valence-electron chi connectivity index (χ3n) is 1.89. The highest BCUT2D eigenvalue weighted by Crippen LogP contribution is 1.90. The maximum atomic E-state index is 11.3. The highest BCUT2D eigenvalue weighted by molar-refractivity contribution is 5.86. The molecule has 5 N–H and O–H groups in total. The summed E-state index contributed by atoms with van der Waals surface area (Å²) in [6.45, 7) is 2.06.